The van der Waals surface area contributed by atoms with Gasteiger partial charge in [-0.25, -0.2) is 4.79 Å². The van der Waals surface area contributed by atoms with E-state index in [2.05, 4.69) is 22.2 Å². The van der Waals surface area contributed by atoms with E-state index < -0.39 is 0 Å². The van der Waals surface area contributed by atoms with E-state index >= 15 is 0 Å². The molecule has 4 rings (SSSR count). The Labute approximate surface area is 126 Å². The lowest BCUT2D eigenvalue weighted by Crippen LogP contribution is -2.46. The van der Waals surface area contributed by atoms with E-state index in [0.717, 1.165) is 56.7 Å². The fourth-order valence-corrected chi connectivity index (χ4v) is 3.46. The van der Waals surface area contributed by atoms with Crippen LogP contribution in [-0.2, 0) is 20.0 Å². The number of nitrogens with zero attached hydrogens (tertiary/aromatic N) is 4. The van der Waals surface area contributed by atoms with Gasteiger partial charge in [0, 0.05) is 57.6 Å². The number of carbonyl (C=O) groups excluding carboxylic acids is 1. The van der Waals surface area contributed by atoms with Gasteiger partial charge in [0.2, 0.25) is 0 Å². The number of urea groups is 1. The molecule has 1 N–H and O–H groups in total. The Balaban J connectivity index is 1.60. The van der Waals surface area contributed by atoms with Crippen molar-refractivity contribution in [2.75, 3.05) is 26.2 Å². The van der Waals surface area contributed by atoms with E-state index in [1.807, 2.05) is 22.8 Å². The van der Waals surface area contributed by atoms with Crippen LogP contribution in [0.1, 0.15) is 31.0 Å². The second kappa shape index (κ2) is 6.05. The fourth-order valence-electron chi connectivity index (χ4n) is 3.46. The predicted octanol–water partition coefficient (Wildman–Crippen LogP) is 0.972. The van der Waals surface area contributed by atoms with Crippen LogP contribution in [0.25, 0.3) is 0 Å². The van der Waals surface area contributed by atoms with Crippen LogP contribution in [0.4, 0.5) is 4.79 Å². The highest BCUT2D eigenvalue weighted by Gasteiger charge is 2.31. The Hall–Kier alpha value is -1.56. The lowest BCUT2D eigenvalue weighted by Gasteiger charge is -2.31. The van der Waals surface area contributed by atoms with Crippen molar-refractivity contribution in [2.24, 2.45) is 7.05 Å². The SMILES string of the molecule is CCc1nn(C)cc1CNC(=O)N1CCN2CCC1CC2. The maximum Gasteiger partial charge on any atom is 0.317 e. The number of amides is 2. The van der Waals surface area contributed by atoms with Crippen LogP contribution in [0.15, 0.2) is 6.20 Å². The molecule has 3 fully saturated rings. The first-order valence-electron chi connectivity index (χ1n) is 7.95. The lowest BCUT2D eigenvalue weighted by atomic mass is 10.1. The number of hydrogen-bond acceptors (Lipinski definition) is 3. The molecule has 0 unspecified atom stereocenters. The Morgan fingerprint density at radius 1 is 1.33 bits per heavy atom. The molecule has 3 aliphatic heterocycles. The molecule has 0 atom stereocenters. The van der Waals surface area contributed by atoms with Gasteiger partial charge in [-0.15, -0.1) is 0 Å². The van der Waals surface area contributed by atoms with Crippen molar-refractivity contribution in [3.05, 3.63) is 17.5 Å². The van der Waals surface area contributed by atoms with Crippen molar-refractivity contribution in [1.29, 1.82) is 0 Å². The maximum absolute atomic E-state index is 12.5. The molecule has 1 aromatic heterocycles. The summed E-state index contributed by atoms with van der Waals surface area (Å²) in [5, 5.41) is 7.50. The zero-order valence-electron chi connectivity index (χ0n) is 13.0. The number of hydrogen-bond donors (Lipinski definition) is 1. The molecule has 0 radical (unpaired) electrons. The number of nitrogens with one attached hydrogen (secondary N) is 1. The number of rotatable bonds is 3. The van der Waals surface area contributed by atoms with Gasteiger partial charge in [-0.05, 0) is 19.3 Å². The van der Waals surface area contributed by atoms with Gasteiger partial charge in [0.15, 0.2) is 0 Å². The fraction of sp³-hybridized carbons (Fsp3) is 0.733. The van der Waals surface area contributed by atoms with E-state index in [9.17, 15) is 4.79 Å². The van der Waals surface area contributed by atoms with Crippen molar-refractivity contribution < 1.29 is 4.79 Å². The van der Waals surface area contributed by atoms with Crippen LogP contribution < -0.4 is 5.32 Å². The smallest absolute Gasteiger partial charge is 0.317 e. The summed E-state index contributed by atoms with van der Waals surface area (Å²) in [7, 11) is 1.92. The normalized spacial score (nSPS) is 25.0. The second-order valence-electron chi connectivity index (χ2n) is 6.05. The maximum atomic E-state index is 12.5. The highest BCUT2D eigenvalue weighted by molar-refractivity contribution is 5.74. The molecule has 2 bridgehead atoms. The molecule has 4 heterocycles. The van der Waals surface area contributed by atoms with Crippen LogP contribution in [-0.4, -0.2) is 57.8 Å². The summed E-state index contributed by atoms with van der Waals surface area (Å²) in [6, 6.07) is 0.498. The Kier molecular flexibility index (Phi) is 4.14. The molecular formula is C15H25N5O. The number of aromatic nitrogens is 2. The first-order valence-corrected chi connectivity index (χ1v) is 7.95. The summed E-state index contributed by atoms with van der Waals surface area (Å²) in [6.45, 7) is 6.80. The van der Waals surface area contributed by atoms with Crippen molar-refractivity contribution in [2.45, 2.75) is 38.8 Å². The third-order valence-corrected chi connectivity index (χ3v) is 4.67. The third-order valence-electron chi connectivity index (χ3n) is 4.67. The van der Waals surface area contributed by atoms with Gasteiger partial charge in [-0.3, -0.25) is 4.68 Å². The molecule has 0 spiro atoms. The van der Waals surface area contributed by atoms with E-state index in [-0.39, 0.29) is 6.03 Å². The highest BCUT2D eigenvalue weighted by Crippen LogP contribution is 2.20. The molecule has 0 aliphatic carbocycles. The van der Waals surface area contributed by atoms with Gasteiger partial charge in [0.25, 0.3) is 0 Å². The molecule has 116 valence electrons. The minimum Gasteiger partial charge on any atom is -0.334 e. The minimum absolute atomic E-state index is 0.0784. The molecule has 1 aromatic rings. The number of fused-ring (bicyclic) bond motifs is 4. The number of piperidine rings is 1. The van der Waals surface area contributed by atoms with Crippen LogP contribution in [0.3, 0.4) is 0 Å². The van der Waals surface area contributed by atoms with Crippen molar-refractivity contribution in [1.82, 2.24) is 24.9 Å². The molecular weight excluding hydrogens is 266 g/mol. The molecule has 3 aliphatic rings. The quantitative estimate of drug-likeness (QED) is 0.903. The van der Waals surface area contributed by atoms with Crippen molar-refractivity contribution in [3.8, 4) is 0 Å². The van der Waals surface area contributed by atoms with Crippen molar-refractivity contribution >= 4 is 6.03 Å². The summed E-state index contributed by atoms with van der Waals surface area (Å²) in [5.41, 5.74) is 2.19. The first kappa shape index (κ1) is 14.4. The van der Waals surface area contributed by atoms with Gasteiger partial charge in [0.1, 0.15) is 0 Å². The van der Waals surface area contributed by atoms with E-state index in [1.165, 1.54) is 0 Å². The molecule has 0 aromatic carbocycles. The third kappa shape index (κ3) is 3.05. The summed E-state index contributed by atoms with van der Waals surface area (Å²) in [5.74, 6) is 0. The van der Waals surface area contributed by atoms with E-state index in [1.54, 1.807) is 0 Å². The molecule has 6 nitrogen and oxygen atoms in total. The van der Waals surface area contributed by atoms with Crippen LogP contribution in [0.2, 0.25) is 0 Å². The topological polar surface area (TPSA) is 53.4 Å². The predicted molar refractivity (Wildman–Crippen MR) is 81.0 cm³/mol. The van der Waals surface area contributed by atoms with E-state index in [0.29, 0.717) is 12.6 Å². The molecule has 21 heavy (non-hydrogen) atoms. The van der Waals surface area contributed by atoms with Crippen LogP contribution in [0.5, 0.6) is 0 Å². The zero-order chi connectivity index (χ0) is 14.8. The van der Waals surface area contributed by atoms with Gasteiger partial charge in [-0.2, -0.15) is 5.10 Å². The monoisotopic (exact) mass is 291 g/mol. The second-order valence-corrected chi connectivity index (χ2v) is 6.05. The average Bonchev–Trinajstić information content (AvgIpc) is 2.67. The van der Waals surface area contributed by atoms with Crippen LogP contribution in [0, 0.1) is 0 Å². The number of aryl methyl sites for hydroxylation is 2. The van der Waals surface area contributed by atoms with Crippen molar-refractivity contribution in [3.63, 3.8) is 0 Å². The molecule has 6 heteroatoms. The Bertz CT molecular complexity index is 504. The lowest BCUT2D eigenvalue weighted by molar-refractivity contribution is 0.170. The van der Waals surface area contributed by atoms with Gasteiger partial charge < -0.3 is 15.1 Å². The standard InChI is InChI=1S/C15H25N5O/c1-3-14-12(11-18(2)17-14)10-16-15(21)20-9-8-19-6-4-13(20)5-7-19/h11,13H,3-10H2,1-2H3,(H,16,21). The van der Waals surface area contributed by atoms with Crippen LogP contribution >= 0.6 is 0 Å². The summed E-state index contributed by atoms with van der Waals surface area (Å²) in [6.07, 6.45) is 5.12. The minimum atomic E-state index is 0.0784. The molecule has 0 saturated carbocycles. The Morgan fingerprint density at radius 2 is 2.10 bits per heavy atom. The highest BCUT2D eigenvalue weighted by atomic mass is 16.2. The first-order chi connectivity index (χ1) is 10.2. The number of carbonyl (C=O) groups is 1. The van der Waals surface area contributed by atoms with Gasteiger partial charge in [-0.1, -0.05) is 6.92 Å². The van der Waals surface area contributed by atoms with E-state index in [4.69, 9.17) is 0 Å². The molecule has 2 amide bonds. The van der Waals surface area contributed by atoms with Gasteiger partial charge in [0.05, 0.1) is 5.69 Å². The average molecular weight is 291 g/mol. The summed E-state index contributed by atoms with van der Waals surface area (Å²) in [4.78, 5) is 17.0. The van der Waals surface area contributed by atoms with Gasteiger partial charge >= 0.3 is 6.03 Å². The Morgan fingerprint density at radius 3 is 2.81 bits per heavy atom. The largest absolute Gasteiger partial charge is 0.334 e. The summed E-state index contributed by atoms with van der Waals surface area (Å²) < 4.78 is 1.82. The summed E-state index contributed by atoms with van der Waals surface area (Å²) >= 11 is 0. The zero-order valence-corrected chi connectivity index (χ0v) is 13.0. The molecule has 3 saturated heterocycles.